The van der Waals surface area contributed by atoms with Gasteiger partial charge in [-0.15, -0.1) is 0 Å². The van der Waals surface area contributed by atoms with Crippen molar-refractivity contribution in [2.75, 3.05) is 7.11 Å². The average Bonchev–Trinajstić information content (AvgIpc) is 3.10. The molecule has 1 heterocycles. The summed E-state index contributed by atoms with van der Waals surface area (Å²) in [5, 5.41) is 1.04. The molecule has 0 aliphatic carbocycles. The predicted molar refractivity (Wildman–Crippen MR) is 93.6 cm³/mol. The highest BCUT2D eigenvalue weighted by Gasteiger charge is 2.18. The Morgan fingerprint density at radius 2 is 1.43 bits per heavy atom. The number of ether oxygens (including phenoxy) is 1. The van der Waals surface area contributed by atoms with Crippen molar-refractivity contribution in [3.05, 3.63) is 79.1 Å². The van der Waals surface area contributed by atoms with E-state index in [1.165, 1.54) is 0 Å². The molecule has 2 heteroatoms. The first-order valence-electron chi connectivity index (χ1n) is 7.57. The van der Waals surface area contributed by atoms with Gasteiger partial charge in [0.05, 0.1) is 13.4 Å². The molecule has 0 atom stereocenters. The summed E-state index contributed by atoms with van der Waals surface area (Å²) in [6, 6.07) is 24.8. The van der Waals surface area contributed by atoms with Gasteiger partial charge in [-0.2, -0.15) is 0 Å². The first kappa shape index (κ1) is 13.6. The number of rotatable bonds is 3. The summed E-state index contributed by atoms with van der Waals surface area (Å²) in [5.41, 5.74) is 5.25. The van der Waals surface area contributed by atoms with Crippen LogP contribution in [0.3, 0.4) is 0 Å². The van der Waals surface area contributed by atoms with Crippen LogP contribution in [0.15, 0.2) is 83.5 Å². The number of benzene rings is 3. The molecule has 0 N–H and O–H groups in total. The molecule has 0 fully saturated rings. The number of fused-ring (bicyclic) bond motifs is 1. The van der Waals surface area contributed by atoms with Gasteiger partial charge in [0.25, 0.3) is 0 Å². The van der Waals surface area contributed by atoms with E-state index in [0.29, 0.717) is 0 Å². The maximum Gasteiger partial charge on any atom is 0.176 e. The van der Waals surface area contributed by atoms with Crippen LogP contribution in [-0.2, 0) is 0 Å². The molecule has 0 unspecified atom stereocenters. The fourth-order valence-electron chi connectivity index (χ4n) is 3.01. The highest BCUT2D eigenvalue weighted by atomic mass is 16.5. The number of methoxy groups -OCH3 is 1. The molecule has 0 spiro atoms. The maximum absolute atomic E-state index is 5.74. The second-order valence-electron chi connectivity index (χ2n) is 5.40. The van der Waals surface area contributed by atoms with Gasteiger partial charge in [-0.25, -0.2) is 0 Å². The van der Waals surface area contributed by atoms with Crippen LogP contribution >= 0.6 is 0 Å². The second kappa shape index (κ2) is 5.65. The summed E-state index contributed by atoms with van der Waals surface area (Å²) in [4.78, 5) is 0. The van der Waals surface area contributed by atoms with Gasteiger partial charge in [-0.1, -0.05) is 60.7 Å². The van der Waals surface area contributed by atoms with Gasteiger partial charge >= 0.3 is 0 Å². The number of furan rings is 1. The minimum atomic E-state index is 0.776. The second-order valence-corrected chi connectivity index (χ2v) is 5.40. The summed E-state index contributed by atoms with van der Waals surface area (Å²) in [5.74, 6) is 0.776. The summed E-state index contributed by atoms with van der Waals surface area (Å²) in [7, 11) is 1.69. The Morgan fingerprint density at radius 3 is 2.09 bits per heavy atom. The SMILES string of the molecule is COc1c(-c2ccccc2)c(-c2ccccc2)cc2ccoc12. The molecule has 2 nitrogen and oxygen atoms in total. The zero-order chi connectivity index (χ0) is 15.6. The van der Waals surface area contributed by atoms with Crippen LogP contribution in [0.4, 0.5) is 0 Å². The summed E-state index contributed by atoms with van der Waals surface area (Å²) >= 11 is 0. The Balaban J connectivity index is 2.12. The largest absolute Gasteiger partial charge is 0.492 e. The van der Waals surface area contributed by atoms with Crippen LogP contribution in [0.25, 0.3) is 33.2 Å². The third-order valence-corrected chi connectivity index (χ3v) is 4.05. The molecular formula is C21H16O2. The minimum Gasteiger partial charge on any atom is -0.492 e. The van der Waals surface area contributed by atoms with E-state index in [4.69, 9.17) is 9.15 Å². The lowest BCUT2D eigenvalue weighted by atomic mass is 9.92. The molecule has 0 bridgehead atoms. The van der Waals surface area contributed by atoms with E-state index >= 15 is 0 Å². The van der Waals surface area contributed by atoms with Crippen molar-refractivity contribution in [2.24, 2.45) is 0 Å². The molecular weight excluding hydrogens is 284 g/mol. The van der Waals surface area contributed by atoms with E-state index in [-0.39, 0.29) is 0 Å². The fourth-order valence-corrected chi connectivity index (χ4v) is 3.01. The normalized spacial score (nSPS) is 10.8. The molecule has 0 aliphatic rings. The van der Waals surface area contributed by atoms with Gasteiger partial charge in [0, 0.05) is 10.9 Å². The van der Waals surface area contributed by atoms with Crippen LogP contribution in [0.2, 0.25) is 0 Å². The van der Waals surface area contributed by atoms with Crippen LogP contribution in [0.5, 0.6) is 5.75 Å². The van der Waals surface area contributed by atoms with Crippen molar-refractivity contribution >= 4 is 11.0 Å². The first-order chi connectivity index (χ1) is 11.4. The third kappa shape index (κ3) is 2.29. The molecule has 0 radical (unpaired) electrons. The van der Waals surface area contributed by atoms with E-state index in [1.54, 1.807) is 13.4 Å². The molecule has 3 aromatic carbocycles. The quantitative estimate of drug-likeness (QED) is 0.479. The standard InChI is InChI=1S/C21H16O2/c1-22-21-19(16-10-6-3-7-11-16)18(15-8-4-2-5-9-15)14-17-12-13-23-20(17)21/h2-14H,1H3. The summed E-state index contributed by atoms with van der Waals surface area (Å²) < 4.78 is 11.4. The van der Waals surface area contributed by atoms with Crippen molar-refractivity contribution in [1.29, 1.82) is 0 Å². The number of hydrogen-bond donors (Lipinski definition) is 0. The van der Waals surface area contributed by atoms with Crippen LogP contribution in [-0.4, -0.2) is 7.11 Å². The first-order valence-corrected chi connectivity index (χ1v) is 7.57. The Morgan fingerprint density at radius 1 is 0.783 bits per heavy atom. The van der Waals surface area contributed by atoms with Gasteiger partial charge in [-0.3, -0.25) is 0 Å². The third-order valence-electron chi connectivity index (χ3n) is 4.05. The van der Waals surface area contributed by atoms with Crippen molar-refractivity contribution in [2.45, 2.75) is 0 Å². The zero-order valence-corrected chi connectivity index (χ0v) is 12.8. The highest BCUT2D eigenvalue weighted by Crippen LogP contribution is 2.44. The van der Waals surface area contributed by atoms with E-state index < -0.39 is 0 Å². The molecule has 23 heavy (non-hydrogen) atoms. The van der Waals surface area contributed by atoms with Gasteiger partial charge in [0.1, 0.15) is 0 Å². The minimum absolute atomic E-state index is 0.776. The molecule has 4 aromatic rings. The molecule has 0 saturated carbocycles. The van der Waals surface area contributed by atoms with E-state index in [1.807, 2.05) is 30.3 Å². The molecule has 4 rings (SSSR count). The Hall–Kier alpha value is -3.00. The van der Waals surface area contributed by atoms with Crippen molar-refractivity contribution in [1.82, 2.24) is 0 Å². The summed E-state index contributed by atoms with van der Waals surface area (Å²) in [6.45, 7) is 0. The van der Waals surface area contributed by atoms with Crippen LogP contribution in [0.1, 0.15) is 0 Å². The monoisotopic (exact) mass is 300 g/mol. The van der Waals surface area contributed by atoms with Gasteiger partial charge in [-0.05, 0) is 28.8 Å². The fraction of sp³-hybridized carbons (Fsp3) is 0.0476. The molecule has 1 aromatic heterocycles. The maximum atomic E-state index is 5.74. The smallest absolute Gasteiger partial charge is 0.176 e. The highest BCUT2D eigenvalue weighted by molar-refractivity contribution is 6.00. The van der Waals surface area contributed by atoms with E-state index in [0.717, 1.165) is 39.0 Å². The van der Waals surface area contributed by atoms with Gasteiger partial charge in [0.15, 0.2) is 11.3 Å². The average molecular weight is 300 g/mol. The van der Waals surface area contributed by atoms with Gasteiger partial charge in [0.2, 0.25) is 0 Å². The van der Waals surface area contributed by atoms with Crippen molar-refractivity contribution < 1.29 is 9.15 Å². The lowest BCUT2D eigenvalue weighted by Gasteiger charge is -2.15. The molecule has 112 valence electrons. The van der Waals surface area contributed by atoms with Crippen molar-refractivity contribution in [3.8, 4) is 28.0 Å². The van der Waals surface area contributed by atoms with Crippen molar-refractivity contribution in [3.63, 3.8) is 0 Å². The molecule has 0 aliphatic heterocycles. The van der Waals surface area contributed by atoms with Gasteiger partial charge < -0.3 is 9.15 Å². The lowest BCUT2D eigenvalue weighted by Crippen LogP contribution is -1.92. The van der Waals surface area contributed by atoms with Crippen LogP contribution < -0.4 is 4.74 Å². The Bertz CT molecular complexity index is 938. The molecule has 0 amide bonds. The Kier molecular flexibility index (Phi) is 3.35. The Labute approximate surface area is 135 Å². The topological polar surface area (TPSA) is 22.4 Å². The molecule has 0 saturated heterocycles. The lowest BCUT2D eigenvalue weighted by molar-refractivity contribution is 0.412. The number of hydrogen-bond acceptors (Lipinski definition) is 2. The van der Waals surface area contributed by atoms with Crippen LogP contribution in [0, 0.1) is 0 Å². The van der Waals surface area contributed by atoms with E-state index in [2.05, 4.69) is 42.5 Å². The predicted octanol–water partition coefficient (Wildman–Crippen LogP) is 5.78. The summed E-state index contributed by atoms with van der Waals surface area (Å²) in [6.07, 6.45) is 1.71. The van der Waals surface area contributed by atoms with E-state index in [9.17, 15) is 0 Å². The zero-order valence-electron chi connectivity index (χ0n) is 12.8.